The predicted octanol–water partition coefficient (Wildman–Crippen LogP) is 2.40. The second-order valence-corrected chi connectivity index (χ2v) is 5.50. The topological polar surface area (TPSA) is 33.1 Å². The standard InChI is InChI=1S/C16H22N4/c1-3-20-12-14(8-18-20)11-19-10-13(2)17-9-15-6-4-5-7-16(15)19/h4-8,12-13,17H,3,9-11H2,1-2H3. The Hall–Kier alpha value is -1.81. The molecule has 3 rings (SSSR count). The lowest BCUT2D eigenvalue weighted by atomic mass is 10.1. The summed E-state index contributed by atoms with van der Waals surface area (Å²) in [4.78, 5) is 2.46. The van der Waals surface area contributed by atoms with E-state index in [0.29, 0.717) is 6.04 Å². The van der Waals surface area contributed by atoms with Crippen LogP contribution in [-0.4, -0.2) is 22.4 Å². The van der Waals surface area contributed by atoms with Crippen LogP contribution in [0, 0.1) is 0 Å². The lowest BCUT2D eigenvalue weighted by molar-refractivity contribution is 0.552. The number of nitrogens with one attached hydrogen (secondary N) is 1. The van der Waals surface area contributed by atoms with Gasteiger partial charge in [0.1, 0.15) is 0 Å². The molecule has 0 radical (unpaired) electrons. The van der Waals surface area contributed by atoms with Crippen molar-refractivity contribution in [3.8, 4) is 0 Å². The van der Waals surface area contributed by atoms with E-state index in [1.54, 1.807) is 0 Å². The number of anilines is 1. The molecule has 0 aliphatic carbocycles. The molecule has 1 aromatic carbocycles. The molecule has 106 valence electrons. The number of rotatable bonds is 3. The molecule has 1 unspecified atom stereocenters. The molecule has 1 aromatic heterocycles. The van der Waals surface area contributed by atoms with Crippen molar-refractivity contribution < 1.29 is 0 Å². The van der Waals surface area contributed by atoms with Gasteiger partial charge in [0.2, 0.25) is 0 Å². The van der Waals surface area contributed by atoms with Crippen LogP contribution in [0.2, 0.25) is 0 Å². The molecule has 2 heterocycles. The third-order valence-electron chi connectivity index (χ3n) is 3.85. The number of nitrogens with zero attached hydrogens (tertiary/aromatic N) is 3. The summed E-state index contributed by atoms with van der Waals surface area (Å²) in [6, 6.07) is 9.16. The Morgan fingerprint density at radius 2 is 2.20 bits per heavy atom. The van der Waals surface area contributed by atoms with E-state index in [1.165, 1.54) is 16.8 Å². The van der Waals surface area contributed by atoms with Crippen molar-refractivity contribution in [2.24, 2.45) is 0 Å². The first kappa shape index (κ1) is 13.2. The molecular formula is C16H22N4. The maximum Gasteiger partial charge on any atom is 0.0539 e. The van der Waals surface area contributed by atoms with Gasteiger partial charge in [-0.15, -0.1) is 0 Å². The highest BCUT2D eigenvalue weighted by molar-refractivity contribution is 5.54. The third-order valence-corrected chi connectivity index (χ3v) is 3.85. The molecule has 1 aliphatic heterocycles. The van der Waals surface area contributed by atoms with E-state index < -0.39 is 0 Å². The zero-order chi connectivity index (χ0) is 13.9. The Labute approximate surface area is 120 Å². The lowest BCUT2D eigenvalue weighted by Crippen LogP contribution is -2.35. The molecule has 0 fully saturated rings. The summed E-state index contributed by atoms with van der Waals surface area (Å²) in [5, 5.41) is 7.94. The van der Waals surface area contributed by atoms with Gasteiger partial charge < -0.3 is 10.2 Å². The number of hydrogen-bond donors (Lipinski definition) is 1. The zero-order valence-electron chi connectivity index (χ0n) is 12.2. The number of aromatic nitrogens is 2. The molecule has 4 heteroatoms. The second kappa shape index (κ2) is 5.67. The van der Waals surface area contributed by atoms with Gasteiger partial charge in [0.15, 0.2) is 0 Å². The van der Waals surface area contributed by atoms with Gasteiger partial charge in [-0.3, -0.25) is 4.68 Å². The van der Waals surface area contributed by atoms with Crippen LogP contribution in [0.3, 0.4) is 0 Å². The monoisotopic (exact) mass is 270 g/mol. The lowest BCUT2D eigenvalue weighted by Gasteiger charge is -2.26. The van der Waals surface area contributed by atoms with Crippen molar-refractivity contribution in [3.63, 3.8) is 0 Å². The van der Waals surface area contributed by atoms with Gasteiger partial charge >= 0.3 is 0 Å². The fourth-order valence-corrected chi connectivity index (χ4v) is 2.78. The van der Waals surface area contributed by atoms with E-state index in [4.69, 9.17) is 0 Å². The summed E-state index contributed by atoms with van der Waals surface area (Å²) >= 11 is 0. The number of fused-ring (bicyclic) bond motifs is 1. The van der Waals surface area contributed by atoms with E-state index in [2.05, 4.69) is 59.6 Å². The molecule has 1 aliphatic rings. The fourth-order valence-electron chi connectivity index (χ4n) is 2.78. The van der Waals surface area contributed by atoms with Crippen LogP contribution in [0.5, 0.6) is 0 Å². The first-order valence-electron chi connectivity index (χ1n) is 7.34. The highest BCUT2D eigenvalue weighted by Crippen LogP contribution is 2.24. The van der Waals surface area contributed by atoms with Gasteiger partial charge in [-0.05, 0) is 25.5 Å². The van der Waals surface area contributed by atoms with Gasteiger partial charge in [0.05, 0.1) is 6.20 Å². The summed E-state index contributed by atoms with van der Waals surface area (Å²) in [5.74, 6) is 0. The van der Waals surface area contributed by atoms with E-state index >= 15 is 0 Å². The predicted molar refractivity (Wildman–Crippen MR) is 81.7 cm³/mol. The van der Waals surface area contributed by atoms with E-state index in [1.807, 2.05) is 10.9 Å². The Morgan fingerprint density at radius 3 is 3.00 bits per heavy atom. The normalized spacial score (nSPS) is 18.7. The quantitative estimate of drug-likeness (QED) is 0.929. The Bertz CT molecular complexity index is 575. The van der Waals surface area contributed by atoms with Gasteiger partial charge in [0, 0.05) is 49.7 Å². The van der Waals surface area contributed by atoms with Crippen LogP contribution in [0.15, 0.2) is 36.7 Å². The summed E-state index contributed by atoms with van der Waals surface area (Å²) in [5.41, 5.74) is 3.99. The van der Waals surface area contributed by atoms with Crippen molar-refractivity contribution in [3.05, 3.63) is 47.8 Å². The number of hydrogen-bond acceptors (Lipinski definition) is 3. The summed E-state index contributed by atoms with van der Waals surface area (Å²) in [6.45, 7) is 8.17. The van der Waals surface area contributed by atoms with Gasteiger partial charge in [-0.1, -0.05) is 18.2 Å². The van der Waals surface area contributed by atoms with Gasteiger partial charge in [-0.25, -0.2) is 0 Å². The number of benzene rings is 1. The largest absolute Gasteiger partial charge is 0.365 e. The molecule has 0 bridgehead atoms. The first-order valence-corrected chi connectivity index (χ1v) is 7.34. The van der Waals surface area contributed by atoms with Crippen LogP contribution in [0.1, 0.15) is 25.0 Å². The van der Waals surface area contributed by atoms with Crippen LogP contribution in [0.4, 0.5) is 5.69 Å². The Balaban J connectivity index is 1.86. The van der Waals surface area contributed by atoms with Crippen LogP contribution >= 0.6 is 0 Å². The molecule has 0 spiro atoms. The van der Waals surface area contributed by atoms with Crippen molar-refractivity contribution in [2.45, 2.75) is 39.5 Å². The molecule has 4 nitrogen and oxygen atoms in total. The average Bonchev–Trinajstić information content (AvgIpc) is 2.86. The second-order valence-electron chi connectivity index (χ2n) is 5.50. The van der Waals surface area contributed by atoms with Crippen molar-refractivity contribution in [1.29, 1.82) is 0 Å². The van der Waals surface area contributed by atoms with Gasteiger partial charge in [0.25, 0.3) is 0 Å². The minimum atomic E-state index is 0.489. The maximum absolute atomic E-state index is 4.37. The molecular weight excluding hydrogens is 248 g/mol. The zero-order valence-corrected chi connectivity index (χ0v) is 12.2. The highest BCUT2D eigenvalue weighted by atomic mass is 15.3. The molecule has 0 amide bonds. The molecule has 1 N–H and O–H groups in total. The highest BCUT2D eigenvalue weighted by Gasteiger charge is 2.19. The first-order chi connectivity index (χ1) is 9.76. The van der Waals surface area contributed by atoms with E-state index in [0.717, 1.165) is 26.2 Å². The smallest absolute Gasteiger partial charge is 0.0539 e. The summed E-state index contributed by atoms with van der Waals surface area (Å²) < 4.78 is 1.99. The van der Waals surface area contributed by atoms with E-state index in [9.17, 15) is 0 Å². The molecule has 0 saturated heterocycles. The maximum atomic E-state index is 4.37. The molecule has 1 atom stereocenters. The molecule has 20 heavy (non-hydrogen) atoms. The summed E-state index contributed by atoms with van der Waals surface area (Å²) in [7, 11) is 0. The van der Waals surface area contributed by atoms with Crippen LogP contribution in [0.25, 0.3) is 0 Å². The van der Waals surface area contributed by atoms with Crippen molar-refractivity contribution in [2.75, 3.05) is 11.4 Å². The minimum absolute atomic E-state index is 0.489. The third kappa shape index (κ3) is 2.70. The van der Waals surface area contributed by atoms with Crippen molar-refractivity contribution in [1.82, 2.24) is 15.1 Å². The minimum Gasteiger partial charge on any atom is -0.365 e. The molecule has 0 saturated carbocycles. The molecule has 2 aromatic rings. The number of aryl methyl sites for hydroxylation is 1. The Kier molecular flexibility index (Phi) is 3.74. The van der Waals surface area contributed by atoms with Crippen molar-refractivity contribution >= 4 is 5.69 Å². The van der Waals surface area contributed by atoms with Crippen LogP contribution in [-0.2, 0) is 19.6 Å². The van der Waals surface area contributed by atoms with Gasteiger partial charge in [-0.2, -0.15) is 5.10 Å². The van der Waals surface area contributed by atoms with Crippen LogP contribution < -0.4 is 10.2 Å². The number of para-hydroxylation sites is 1. The average molecular weight is 270 g/mol. The Morgan fingerprint density at radius 1 is 1.35 bits per heavy atom. The van der Waals surface area contributed by atoms with E-state index in [-0.39, 0.29) is 0 Å². The SMILES string of the molecule is CCn1cc(CN2CC(C)NCc3ccccc32)cn1. The summed E-state index contributed by atoms with van der Waals surface area (Å²) in [6.07, 6.45) is 4.13. The fraction of sp³-hybridized carbons (Fsp3) is 0.438.